The van der Waals surface area contributed by atoms with Crippen molar-refractivity contribution in [1.29, 1.82) is 0 Å². The molecule has 0 aliphatic heterocycles. The molecule has 4 heterocycles. The van der Waals surface area contributed by atoms with Gasteiger partial charge in [-0.05, 0) is 67.6 Å². The number of amides is 1. The number of alkyl halides is 9. The normalized spacial score (nSPS) is 12.0. The van der Waals surface area contributed by atoms with Crippen LogP contribution >= 0.6 is 58.0 Å². The first-order chi connectivity index (χ1) is 29.3. The summed E-state index contributed by atoms with van der Waals surface area (Å²) in [6.07, 6.45) is -10.5. The maximum Gasteiger partial charge on any atom is 0.419 e. The second kappa shape index (κ2) is 21.1. The molecule has 0 saturated carbocycles. The summed E-state index contributed by atoms with van der Waals surface area (Å²) in [7, 11) is 0. The Kier molecular flexibility index (Phi) is 16.9. The number of hydrogen-bond acceptors (Lipinski definition) is 7. The Morgan fingerprint density at radius 3 is 1.59 bits per heavy atom. The molecule has 6 rings (SSSR count). The van der Waals surface area contributed by atoms with Crippen molar-refractivity contribution in [3.8, 4) is 22.5 Å². The van der Waals surface area contributed by atoms with Crippen LogP contribution in [0.1, 0.15) is 34.0 Å². The molecule has 0 unspecified atom stereocenters. The smallest absolute Gasteiger partial charge is 0.392 e. The lowest BCUT2D eigenvalue weighted by Crippen LogP contribution is -2.31. The third-order valence-corrected chi connectivity index (χ3v) is 9.10. The molecular formula is C39H24Cl5F11N6O2. The highest BCUT2D eigenvalue weighted by Crippen LogP contribution is 2.40. The van der Waals surface area contributed by atoms with Crippen molar-refractivity contribution in [2.24, 2.45) is 0 Å². The molecule has 4 aromatic heterocycles. The first-order valence-electron chi connectivity index (χ1n) is 17.0. The van der Waals surface area contributed by atoms with Gasteiger partial charge in [0, 0.05) is 58.7 Å². The number of hydrogen-bond donors (Lipinski definition) is 3. The van der Waals surface area contributed by atoms with Crippen molar-refractivity contribution in [1.82, 2.24) is 25.3 Å². The molecule has 0 saturated heterocycles. The Labute approximate surface area is 374 Å². The average Bonchev–Trinajstić information content (AvgIpc) is 3.18. The number of aliphatic hydroxyl groups is 1. The van der Waals surface area contributed by atoms with E-state index in [0.29, 0.717) is 18.6 Å². The molecule has 0 bridgehead atoms. The molecule has 1 atom stereocenters. The zero-order valence-corrected chi connectivity index (χ0v) is 34.9. The monoisotopic (exact) mass is 992 g/mol. The Morgan fingerprint density at radius 2 is 1.11 bits per heavy atom. The lowest BCUT2D eigenvalue weighted by Gasteiger charge is -2.17. The van der Waals surface area contributed by atoms with Crippen LogP contribution < -0.4 is 10.6 Å². The predicted molar refractivity (Wildman–Crippen MR) is 215 cm³/mol. The fraction of sp³-hybridized carbons (Fsp3) is 0.154. The van der Waals surface area contributed by atoms with Gasteiger partial charge in [0.2, 0.25) is 0 Å². The molecule has 2 aromatic carbocycles. The van der Waals surface area contributed by atoms with E-state index in [0.717, 1.165) is 30.3 Å². The van der Waals surface area contributed by atoms with Crippen molar-refractivity contribution in [2.45, 2.75) is 31.6 Å². The second-order valence-electron chi connectivity index (χ2n) is 12.5. The zero-order valence-electron chi connectivity index (χ0n) is 31.1. The number of aliphatic hydroxyl groups excluding tert-OH is 1. The van der Waals surface area contributed by atoms with Gasteiger partial charge >= 0.3 is 18.5 Å². The first-order valence-corrected chi connectivity index (χ1v) is 18.9. The molecule has 6 aromatic rings. The molecule has 3 N–H and O–H groups in total. The molecule has 24 heteroatoms. The van der Waals surface area contributed by atoms with Crippen molar-refractivity contribution in [2.75, 3.05) is 11.9 Å². The van der Waals surface area contributed by atoms with Crippen LogP contribution in [-0.4, -0.2) is 43.6 Å². The summed E-state index contributed by atoms with van der Waals surface area (Å²) in [5.41, 5.74) is -3.83. The largest absolute Gasteiger partial charge is 0.419 e. The minimum atomic E-state index is -4.78. The van der Waals surface area contributed by atoms with Gasteiger partial charge in [-0.15, -0.1) is 0 Å². The number of halogens is 16. The molecular weight excluding hydrogens is 971 g/mol. The maximum absolute atomic E-state index is 14.2. The number of pyridine rings is 4. The van der Waals surface area contributed by atoms with Crippen LogP contribution in [-0.2, 0) is 18.5 Å². The van der Waals surface area contributed by atoms with Gasteiger partial charge in [-0.2, -0.15) is 39.5 Å². The number of nitrogens with one attached hydrogen (secondary N) is 2. The van der Waals surface area contributed by atoms with E-state index in [1.807, 2.05) is 0 Å². The van der Waals surface area contributed by atoms with Crippen molar-refractivity contribution < 1.29 is 58.2 Å². The van der Waals surface area contributed by atoms with Crippen LogP contribution in [0.2, 0.25) is 25.2 Å². The van der Waals surface area contributed by atoms with Crippen LogP contribution in [0.15, 0.2) is 91.6 Å². The SMILES string of the molecule is C[C@H](O)CNC(=O)c1cnccc1Nc1cc(-c2cc(Cl)ccc2F)ncc1C(F)(F)F.FC(F)(F)c1cnc(Cl)cc1Cl.Fc1ccc(Cl)cc1-c1cc(Cl)c(C(F)(F)F)cn1. The summed E-state index contributed by atoms with van der Waals surface area (Å²) in [5.74, 6) is -2.01. The highest BCUT2D eigenvalue weighted by atomic mass is 35.5. The summed E-state index contributed by atoms with van der Waals surface area (Å²) in [6.45, 7) is 1.40. The molecule has 0 aliphatic carbocycles. The van der Waals surface area contributed by atoms with E-state index in [-0.39, 0.29) is 55.5 Å². The minimum Gasteiger partial charge on any atom is -0.392 e. The van der Waals surface area contributed by atoms with Gasteiger partial charge in [0.05, 0.1) is 61.2 Å². The summed E-state index contributed by atoms with van der Waals surface area (Å²) < 4.78 is 142. The van der Waals surface area contributed by atoms with Crippen LogP contribution in [0.4, 0.5) is 59.7 Å². The van der Waals surface area contributed by atoms with E-state index in [1.54, 1.807) is 0 Å². The molecule has 0 spiro atoms. The quantitative estimate of drug-likeness (QED) is 0.108. The summed E-state index contributed by atoms with van der Waals surface area (Å²) in [4.78, 5) is 26.8. The van der Waals surface area contributed by atoms with E-state index in [1.165, 1.54) is 49.6 Å². The molecule has 63 heavy (non-hydrogen) atoms. The van der Waals surface area contributed by atoms with Gasteiger partial charge in [0.25, 0.3) is 5.91 Å². The number of anilines is 2. The number of nitrogens with zero attached hydrogens (tertiary/aromatic N) is 4. The molecule has 1 amide bonds. The van der Waals surface area contributed by atoms with Gasteiger partial charge in [-0.25, -0.2) is 13.8 Å². The highest BCUT2D eigenvalue weighted by molar-refractivity contribution is 6.34. The van der Waals surface area contributed by atoms with Crippen LogP contribution in [0.25, 0.3) is 22.5 Å². The topological polar surface area (TPSA) is 113 Å². The van der Waals surface area contributed by atoms with Gasteiger partial charge in [0.15, 0.2) is 0 Å². The number of rotatable bonds is 7. The van der Waals surface area contributed by atoms with Crippen LogP contribution in [0.3, 0.4) is 0 Å². The third kappa shape index (κ3) is 14.2. The van der Waals surface area contributed by atoms with Crippen molar-refractivity contribution in [3.05, 3.63) is 151 Å². The van der Waals surface area contributed by atoms with Gasteiger partial charge in [-0.1, -0.05) is 58.0 Å². The van der Waals surface area contributed by atoms with E-state index in [2.05, 4.69) is 30.6 Å². The number of aromatic nitrogens is 4. The predicted octanol–water partition coefficient (Wildman–Crippen LogP) is 13.4. The van der Waals surface area contributed by atoms with Crippen LogP contribution in [0.5, 0.6) is 0 Å². The van der Waals surface area contributed by atoms with Crippen molar-refractivity contribution >= 4 is 75.3 Å². The molecule has 8 nitrogen and oxygen atoms in total. The standard InChI is InChI=1S/C21H17ClF4N4O2.C12H5Cl2F4N.C6H2Cl2F3N/c1-11(31)8-29-20(32)14-9-27-5-4-17(14)30-19-7-18(28-10-15(19)21(24,25)26)13-6-12(22)2-3-16(13)23;13-6-1-2-10(15)7(3-6)11-4-9(14)8(5-19-11)12(16,17)18;7-4-1-5(8)12-2-3(4)6(9,10)11/h2-7,9-11,31H,8H2,1H3,(H,29,32)(H,27,28,30);1-5H;1-2H/t11-;;/m0../s1. The summed E-state index contributed by atoms with van der Waals surface area (Å²) >= 11 is 27.7. The zero-order chi connectivity index (χ0) is 47.0. The van der Waals surface area contributed by atoms with E-state index in [9.17, 15) is 58.2 Å². The highest BCUT2D eigenvalue weighted by Gasteiger charge is 2.36. The second-order valence-corrected chi connectivity index (χ2v) is 14.6. The lowest BCUT2D eigenvalue weighted by atomic mass is 10.1. The number of benzene rings is 2. The molecule has 0 aliphatic rings. The van der Waals surface area contributed by atoms with Gasteiger partial charge < -0.3 is 15.7 Å². The van der Waals surface area contributed by atoms with Gasteiger partial charge in [0.1, 0.15) is 16.8 Å². The summed E-state index contributed by atoms with van der Waals surface area (Å²) in [6, 6.07) is 11.6. The fourth-order valence-corrected chi connectivity index (χ4v) is 5.96. The first kappa shape index (κ1) is 50.6. The Balaban J connectivity index is 0.000000236. The molecule has 0 fully saturated rings. The van der Waals surface area contributed by atoms with E-state index >= 15 is 0 Å². The van der Waals surface area contributed by atoms with Gasteiger partial charge in [-0.3, -0.25) is 19.7 Å². The third-order valence-electron chi connectivity index (χ3n) is 7.80. The van der Waals surface area contributed by atoms with Crippen LogP contribution in [0, 0.1) is 11.6 Å². The fourth-order valence-electron chi connectivity index (χ4n) is 4.89. The lowest BCUT2D eigenvalue weighted by molar-refractivity contribution is -0.138. The molecule has 0 radical (unpaired) electrons. The average molecular weight is 995 g/mol. The minimum absolute atomic E-state index is 0.0110. The Morgan fingerprint density at radius 1 is 0.635 bits per heavy atom. The molecule has 334 valence electrons. The number of carbonyl (C=O) groups is 1. The number of carbonyl (C=O) groups excluding carboxylic acids is 1. The maximum atomic E-state index is 14.2. The van der Waals surface area contributed by atoms with E-state index in [4.69, 9.17) is 58.0 Å². The summed E-state index contributed by atoms with van der Waals surface area (Å²) in [5, 5.41) is 13.8. The van der Waals surface area contributed by atoms with Crippen molar-refractivity contribution in [3.63, 3.8) is 0 Å². The Hall–Kier alpha value is -5.05. The Bertz CT molecular complexity index is 2580. The van der Waals surface area contributed by atoms with E-state index < -0.39 is 74.6 Å².